The molecule has 0 aliphatic carbocycles. The number of nitriles is 1. The monoisotopic (exact) mass is 397 g/mol. The van der Waals surface area contributed by atoms with Crippen LogP contribution < -0.4 is 4.72 Å². The molecule has 27 heavy (non-hydrogen) atoms. The van der Waals surface area contributed by atoms with Crippen molar-refractivity contribution in [3.63, 3.8) is 0 Å². The SMILES string of the molecule is Cc1csc(-c2cccc(S(=O)(=O)NC(=O)Cc3ccc(C#N)cc3)c2)n1. The van der Waals surface area contributed by atoms with Crippen molar-refractivity contribution in [2.75, 3.05) is 0 Å². The van der Waals surface area contributed by atoms with E-state index >= 15 is 0 Å². The summed E-state index contributed by atoms with van der Waals surface area (Å²) in [5, 5.41) is 11.4. The highest BCUT2D eigenvalue weighted by atomic mass is 32.2. The number of amides is 1. The molecule has 0 radical (unpaired) electrons. The van der Waals surface area contributed by atoms with Crippen molar-refractivity contribution < 1.29 is 13.2 Å². The second kappa shape index (κ2) is 7.70. The van der Waals surface area contributed by atoms with Crippen LogP contribution in [-0.2, 0) is 21.2 Å². The summed E-state index contributed by atoms with van der Waals surface area (Å²) < 4.78 is 27.1. The van der Waals surface area contributed by atoms with Crippen molar-refractivity contribution in [3.05, 3.63) is 70.7 Å². The summed E-state index contributed by atoms with van der Waals surface area (Å²) in [5.74, 6) is -0.643. The second-order valence-electron chi connectivity index (χ2n) is 5.84. The van der Waals surface area contributed by atoms with Gasteiger partial charge in [-0.15, -0.1) is 11.3 Å². The average Bonchev–Trinajstić information content (AvgIpc) is 3.08. The minimum atomic E-state index is -3.99. The first kappa shape index (κ1) is 18.8. The zero-order valence-electron chi connectivity index (χ0n) is 14.3. The number of hydrogen-bond donors (Lipinski definition) is 1. The Hall–Kier alpha value is -3.02. The molecule has 1 aromatic heterocycles. The number of hydrogen-bond acceptors (Lipinski definition) is 6. The fraction of sp³-hybridized carbons (Fsp3) is 0.105. The predicted octanol–water partition coefficient (Wildman–Crippen LogP) is 3.04. The van der Waals surface area contributed by atoms with E-state index in [0.717, 1.165) is 5.69 Å². The fourth-order valence-corrected chi connectivity index (χ4v) is 4.23. The van der Waals surface area contributed by atoms with E-state index in [0.29, 0.717) is 21.7 Å². The van der Waals surface area contributed by atoms with Crippen LogP contribution in [0.25, 0.3) is 10.6 Å². The van der Waals surface area contributed by atoms with Gasteiger partial charge in [0.15, 0.2) is 0 Å². The van der Waals surface area contributed by atoms with Gasteiger partial charge < -0.3 is 0 Å². The molecule has 0 fully saturated rings. The Morgan fingerprint density at radius 1 is 1.22 bits per heavy atom. The summed E-state index contributed by atoms with van der Waals surface area (Å²) in [6.07, 6.45) is -0.101. The van der Waals surface area contributed by atoms with E-state index in [1.807, 2.05) is 18.4 Å². The molecular formula is C19H15N3O3S2. The van der Waals surface area contributed by atoms with E-state index in [-0.39, 0.29) is 11.3 Å². The van der Waals surface area contributed by atoms with E-state index in [1.165, 1.54) is 23.5 Å². The summed E-state index contributed by atoms with van der Waals surface area (Å²) in [5.41, 5.74) is 2.63. The lowest BCUT2D eigenvalue weighted by molar-refractivity contribution is -0.118. The van der Waals surface area contributed by atoms with Crippen LogP contribution in [0.1, 0.15) is 16.8 Å². The van der Waals surface area contributed by atoms with Crippen molar-refractivity contribution in [2.24, 2.45) is 0 Å². The molecule has 1 heterocycles. The van der Waals surface area contributed by atoms with E-state index in [1.54, 1.807) is 36.4 Å². The molecule has 0 saturated carbocycles. The summed E-state index contributed by atoms with van der Waals surface area (Å²) in [7, 11) is -3.99. The van der Waals surface area contributed by atoms with E-state index in [4.69, 9.17) is 5.26 Å². The number of thiazole rings is 1. The maximum Gasteiger partial charge on any atom is 0.264 e. The van der Waals surface area contributed by atoms with Gasteiger partial charge in [0.2, 0.25) is 5.91 Å². The Morgan fingerprint density at radius 2 is 1.96 bits per heavy atom. The smallest absolute Gasteiger partial charge is 0.264 e. The molecular weight excluding hydrogens is 382 g/mol. The van der Waals surface area contributed by atoms with Crippen LogP contribution in [0, 0.1) is 18.3 Å². The predicted molar refractivity (Wildman–Crippen MR) is 102 cm³/mol. The van der Waals surface area contributed by atoms with Crippen molar-refractivity contribution in [2.45, 2.75) is 18.2 Å². The van der Waals surface area contributed by atoms with Gasteiger partial charge in [0.05, 0.1) is 22.9 Å². The van der Waals surface area contributed by atoms with Gasteiger partial charge in [-0.05, 0) is 36.8 Å². The molecule has 2 aromatic carbocycles. The fourth-order valence-electron chi connectivity index (χ4n) is 2.41. The standard InChI is InChI=1S/C19H15N3O3S2/c1-13-12-26-19(21-13)16-3-2-4-17(10-16)27(24,25)22-18(23)9-14-5-7-15(11-20)8-6-14/h2-8,10,12H,9H2,1H3,(H,22,23). The molecule has 3 aromatic rings. The van der Waals surface area contributed by atoms with Crippen LogP contribution in [0.2, 0.25) is 0 Å². The quantitative estimate of drug-likeness (QED) is 0.713. The molecule has 1 N–H and O–H groups in total. The van der Waals surface area contributed by atoms with E-state index in [2.05, 4.69) is 9.71 Å². The Labute approximate surface area is 161 Å². The molecule has 3 rings (SSSR count). The van der Waals surface area contributed by atoms with Gasteiger partial charge in [0, 0.05) is 16.6 Å². The molecule has 0 spiro atoms. The van der Waals surface area contributed by atoms with E-state index < -0.39 is 15.9 Å². The molecule has 0 atom stereocenters. The number of aromatic nitrogens is 1. The highest BCUT2D eigenvalue weighted by Crippen LogP contribution is 2.25. The number of carbonyl (C=O) groups excluding carboxylic acids is 1. The van der Waals surface area contributed by atoms with E-state index in [9.17, 15) is 13.2 Å². The third-order valence-electron chi connectivity index (χ3n) is 3.71. The van der Waals surface area contributed by atoms with Gasteiger partial charge in [0.1, 0.15) is 5.01 Å². The summed E-state index contributed by atoms with van der Waals surface area (Å²) in [6.45, 7) is 1.87. The minimum Gasteiger partial charge on any atom is -0.274 e. The van der Waals surface area contributed by atoms with Gasteiger partial charge in [-0.1, -0.05) is 24.3 Å². The summed E-state index contributed by atoms with van der Waals surface area (Å²) in [6, 6.07) is 14.7. The van der Waals surface area contributed by atoms with Crippen molar-refractivity contribution in [1.82, 2.24) is 9.71 Å². The molecule has 0 unspecified atom stereocenters. The number of nitrogens with zero attached hydrogens (tertiary/aromatic N) is 2. The molecule has 1 amide bonds. The van der Waals surface area contributed by atoms with Crippen LogP contribution in [0.3, 0.4) is 0 Å². The maximum atomic E-state index is 12.5. The Bertz CT molecular complexity index is 1130. The molecule has 136 valence electrons. The van der Waals surface area contributed by atoms with Gasteiger partial charge in [-0.2, -0.15) is 5.26 Å². The van der Waals surface area contributed by atoms with Crippen molar-refractivity contribution >= 4 is 27.3 Å². The lowest BCUT2D eigenvalue weighted by atomic mass is 10.1. The molecule has 0 bridgehead atoms. The zero-order valence-corrected chi connectivity index (χ0v) is 16.0. The molecule has 8 heteroatoms. The number of carbonyl (C=O) groups is 1. The van der Waals surface area contributed by atoms with Crippen LogP contribution in [-0.4, -0.2) is 19.3 Å². The Balaban J connectivity index is 1.76. The van der Waals surface area contributed by atoms with Crippen LogP contribution in [0.4, 0.5) is 0 Å². The highest BCUT2D eigenvalue weighted by Gasteiger charge is 2.19. The first-order valence-corrected chi connectivity index (χ1v) is 10.3. The number of rotatable bonds is 5. The van der Waals surface area contributed by atoms with Crippen LogP contribution in [0.5, 0.6) is 0 Å². The topological polar surface area (TPSA) is 99.9 Å². The van der Waals surface area contributed by atoms with Gasteiger partial charge in [-0.3, -0.25) is 4.79 Å². The molecule has 6 nitrogen and oxygen atoms in total. The van der Waals surface area contributed by atoms with Gasteiger partial charge in [-0.25, -0.2) is 18.1 Å². The Kier molecular flexibility index (Phi) is 5.35. The van der Waals surface area contributed by atoms with Gasteiger partial charge in [0.25, 0.3) is 10.0 Å². The first-order valence-electron chi connectivity index (χ1n) is 7.94. The largest absolute Gasteiger partial charge is 0.274 e. The first-order chi connectivity index (χ1) is 12.9. The highest BCUT2D eigenvalue weighted by molar-refractivity contribution is 7.90. The van der Waals surface area contributed by atoms with Crippen molar-refractivity contribution in [1.29, 1.82) is 5.26 Å². The number of sulfonamides is 1. The molecule has 0 saturated heterocycles. The summed E-state index contributed by atoms with van der Waals surface area (Å²) >= 11 is 1.42. The maximum absolute atomic E-state index is 12.5. The van der Waals surface area contributed by atoms with Crippen LogP contribution in [0.15, 0.2) is 58.8 Å². The lowest BCUT2D eigenvalue weighted by Gasteiger charge is -2.08. The third-order valence-corrected chi connectivity index (χ3v) is 6.09. The minimum absolute atomic E-state index is 0.000955. The average molecular weight is 397 g/mol. The zero-order chi connectivity index (χ0) is 19.4. The molecule has 0 aliphatic rings. The van der Waals surface area contributed by atoms with Gasteiger partial charge >= 0.3 is 0 Å². The Morgan fingerprint density at radius 3 is 2.59 bits per heavy atom. The second-order valence-corrected chi connectivity index (χ2v) is 8.38. The van der Waals surface area contributed by atoms with Crippen LogP contribution >= 0.6 is 11.3 Å². The summed E-state index contributed by atoms with van der Waals surface area (Å²) in [4.78, 5) is 16.5. The molecule has 0 aliphatic heterocycles. The normalized spacial score (nSPS) is 11.0. The lowest BCUT2D eigenvalue weighted by Crippen LogP contribution is -2.31. The number of nitrogens with one attached hydrogen (secondary N) is 1. The number of aryl methyl sites for hydroxylation is 1. The number of benzene rings is 2. The van der Waals surface area contributed by atoms with Crippen molar-refractivity contribution in [3.8, 4) is 16.6 Å². The third kappa shape index (κ3) is 4.58.